The average molecular weight is 380 g/mol. The molecular formula is C16H17IN2O. The van der Waals surface area contributed by atoms with Crippen LogP contribution in [0.1, 0.15) is 43.4 Å². The molecule has 0 atom stereocenters. The van der Waals surface area contributed by atoms with Crippen LogP contribution in [0.2, 0.25) is 0 Å². The van der Waals surface area contributed by atoms with Gasteiger partial charge in [-0.2, -0.15) is 0 Å². The van der Waals surface area contributed by atoms with Crippen molar-refractivity contribution in [1.82, 2.24) is 9.97 Å². The van der Waals surface area contributed by atoms with Gasteiger partial charge in [-0.3, -0.25) is 4.79 Å². The molecule has 1 aromatic carbocycles. The van der Waals surface area contributed by atoms with Crippen LogP contribution in [0, 0.1) is 3.57 Å². The number of nitrogens with one attached hydrogen (secondary N) is 1. The molecule has 4 heteroatoms. The van der Waals surface area contributed by atoms with Gasteiger partial charge in [0.15, 0.2) is 0 Å². The molecule has 1 saturated carbocycles. The number of benzene rings is 1. The van der Waals surface area contributed by atoms with E-state index in [2.05, 4.69) is 63.7 Å². The van der Waals surface area contributed by atoms with E-state index in [0.29, 0.717) is 9.39 Å². The van der Waals surface area contributed by atoms with Crippen LogP contribution in [0.15, 0.2) is 29.1 Å². The van der Waals surface area contributed by atoms with E-state index in [1.54, 1.807) is 0 Å². The molecule has 0 spiro atoms. The first-order valence-electron chi connectivity index (χ1n) is 7.08. The molecule has 3 nitrogen and oxygen atoms in total. The summed E-state index contributed by atoms with van der Waals surface area (Å²) in [5, 5.41) is 0. The number of aromatic amines is 1. The van der Waals surface area contributed by atoms with E-state index < -0.39 is 0 Å². The molecule has 0 bridgehead atoms. The molecule has 0 aliphatic heterocycles. The van der Waals surface area contributed by atoms with Crippen molar-refractivity contribution in [2.75, 3.05) is 0 Å². The molecule has 3 rings (SSSR count). The Morgan fingerprint density at radius 1 is 1.30 bits per heavy atom. The fourth-order valence-electron chi connectivity index (χ4n) is 2.37. The summed E-state index contributed by atoms with van der Waals surface area (Å²) in [5.74, 6) is 1.43. The van der Waals surface area contributed by atoms with Gasteiger partial charge in [-0.05, 0) is 53.3 Å². The van der Waals surface area contributed by atoms with Crippen LogP contribution in [0.4, 0.5) is 0 Å². The van der Waals surface area contributed by atoms with Crippen molar-refractivity contribution in [3.05, 3.63) is 49.4 Å². The fraction of sp³-hybridized carbons (Fsp3) is 0.375. The van der Waals surface area contributed by atoms with E-state index in [0.717, 1.165) is 30.0 Å². The maximum Gasteiger partial charge on any atom is 0.264 e. The first-order valence-corrected chi connectivity index (χ1v) is 8.16. The standard InChI is InChI=1S/C16H17IN2O/c1-2-3-13-14(17)16(20)19-15(18-13)12-8-6-11(7-9-12)10-4-5-10/h6-10H,2-5H2,1H3,(H,18,19,20). The zero-order valence-electron chi connectivity index (χ0n) is 11.4. The van der Waals surface area contributed by atoms with Crippen molar-refractivity contribution in [3.8, 4) is 11.4 Å². The van der Waals surface area contributed by atoms with Gasteiger partial charge in [-0.15, -0.1) is 0 Å². The van der Waals surface area contributed by atoms with Crippen LogP contribution in [-0.4, -0.2) is 9.97 Å². The molecule has 0 unspecified atom stereocenters. The minimum Gasteiger partial charge on any atom is -0.306 e. The summed E-state index contributed by atoms with van der Waals surface area (Å²) in [6, 6.07) is 8.44. The van der Waals surface area contributed by atoms with E-state index in [9.17, 15) is 4.79 Å². The number of hydrogen-bond acceptors (Lipinski definition) is 2. The fourth-order valence-corrected chi connectivity index (χ4v) is 2.90. The summed E-state index contributed by atoms with van der Waals surface area (Å²) in [7, 11) is 0. The molecule has 104 valence electrons. The second kappa shape index (κ2) is 5.68. The summed E-state index contributed by atoms with van der Waals surface area (Å²) in [4.78, 5) is 19.5. The van der Waals surface area contributed by atoms with Crippen molar-refractivity contribution in [3.63, 3.8) is 0 Å². The molecule has 1 aromatic heterocycles. The number of aryl methyl sites for hydroxylation is 1. The van der Waals surface area contributed by atoms with Crippen molar-refractivity contribution < 1.29 is 0 Å². The Bertz CT molecular complexity index is 672. The van der Waals surface area contributed by atoms with Gasteiger partial charge in [-0.1, -0.05) is 37.6 Å². The molecule has 1 fully saturated rings. The molecule has 0 radical (unpaired) electrons. The molecule has 0 amide bonds. The smallest absolute Gasteiger partial charge is 0.264 e. The zero-order valence-corrected chi connectivity index (χ0v) is 13.6. The Morgan fingerprint density at radius 2 is 2.00 bits per heavy atom. The number of nitrogens with zero attached hydrogens (tertiary/aromatic N) is 1. The van der Waals surface area contributed by atoms with E-state index in [1.807, 2.05) is 0 Å². The van der Waals surface area contributed by atoms with Gasteiger partial charge in [0, 0.05) is 5.56 Å². The van der Waals surface area contributed by atoms with Gasteiger partial charge in [0.1, 0.15) is 5.82 Å². The second-order valence-electron chi connectivity index (χ2n) is 5.32. The van der Waals surface area contributed by atoms with Crippen LogP contribution in [0.3, 0.4) is 0 Å². The highest BCUT2D eigenvalue weighted by Gasteiger charge is 2.23. The van der Waals surface area contributed by atoms with Crippen LogP contribution in [-0.2, 0) is 6.42 Å². The normalized spacial score (nSPS) is 14.5. The average Bonchev–Trinajstić information content (AvgIpc) is 3.29. The van der Waals surface area contributed by atoms with Gasteiger partial charge in [0.25, 0.3) is 5.56 Å². The molecule has 1 aliphatic rings. The van der Waals surface area contributed by atoms with E-state index in [1.165, 1.54) is 18.4 Å². The number of halogens is 1. The Labute approximate surface area is 132 Å². The van der Waals surface area contributed by atoms with Gasteiger partial charge >= 0.3 is 0 Å². The van der Waals surface area contributed by atoms with E-state index in [4.69, 9.17) is 0 Å². The lowest BCUT2D eigenvalue weighted by molar-refractivity contribution is 0.860. The third-order valence-corrected chi connectivity index (χ3v) is 4.76. The SMILES string of the molecule is CCCc1nc(-c2ccc(C3CC3)cc2)[nH]c(=O)c1I. The Morgan fingerprint density at radius 3 is 2.60 bits per heavy atom. The summed E-state index contributed by atoms with van der Waals surface area (Å²) >= 11 is 2.08. The first-order chi connectivity index (χ1) is 9.69. The summed E-state index contributed by atoms with van der Waals surface area (Å²) in [6.45, 7) is 2.10. The number of aromatic nitrogens is 2. The maximum absolute atomic E-state index is 12.0. The molecular weight excluding hydrogens is 363 g/mol. The van der Waals surface area contributed by atoms with Crippen LogP contribution >= 0.6 is 22.6 Å². The van der Waals surface area contributed by atoms with Gasteiger partial charge < -0.3 is 4.98 Å². The van der Waals surface area contributed by atoms with Gasteiger partial charge in [0.2, 0.25) is 0 Å². The van der Waals surface area contributed by atoms with Crippen molar-refractivity contribution in [2.45, 2.75) is 38.5 Å². The summed E-state index contributed by atoms with van der Waals surface area (Å²) in [5.41, 5.74) is 3.25. The zero-order chi connectivity index (χ0) is 14.1. The van der Waals surface area contributed by atoms with E-state index >= 15 is 0 Å². The summed E-state index contributed by atoms with van der Waals surface area (Å²) in [6.07, 6.45) is 4.44. The topological polar surface area (TPSA) is 45.8 Å². The van der Waals surface area contributed by atoms with Crippen LogP contribution in [0.5, 0.6) is 0 Å². The molecule has 1 aliphatic carbocycles. The molecule has 20 heavy (non-hydrogen) atoms. The lowest BCUT2D eigenvalue weighted by Crippen LogP contribution is -2.16. The van der Waals surface area contributed by atoms with E-state index in [-0.39, 0.29) is 5.56 Å². The maximum atomic E-state index is 12.0. The minimum atomic E-state index is -0.0367. The molecule has 1 N–H and O–H groups in total. The monoisotopic (exact) mass is 380 g/mol. The third kappa shape index (κ3) is 2.80. The predicted octanol–water partition coefficient (Wildman–Crippen LogP) is 3.87. The van der Waals surface area contributed by atoms with Crippen molar-refractivity contribution in [1.29, 1.82) is 0 Å². The Hall–Kier alpha value is -1.17. The number of hydrogen-bond donors (Lipinski definition) is 1. The third-order valence-electron chi connectivity index (χ3n) is 3.65. The van der Waals surface area contributed by atoms with Crippen molar-refractivity contribution in [2.24, 2.45) is 0 Å². The highest BCUT2D eigenvalue weighted by molar-refractivity contribution is 14.1. The predicted molar refractivity (Wildman–Crippen MR) is 89.0 cm³/mol. The largest absolute Gasteiger partial charge is 0.306 e. The Balaban J connectivity index is 1.98. The highest BCUT2D eigenvalue weighted by Crippen LogP contribution is 2.40. The van der Waals surface area contributed by atoms with Crippen molar-refractivity contribution >= 4 is 22.6 Å². The van der Waals surface area contributed by atoms with Crippen LogP contribution < -0.4 is 5.56 Å². The first kappa shape index (κ1) is 13.8. The molecule has 0 saturated heterocycles. The highest BCUT2D eigenvalue weighted by atomic mass is 127. The number of H-pyrrole nitrogens is 1. The molecule has 2 aromatic rings. The molecule has 1 heterocycles. The van der Waals surface area contributed by atoms with Gasteiger partial charge in [-0.25, -0.2) is 4.98 Å². The van der Waals surface area contributed by atoms with Gasteiger partial charge in [0.05, 0.1) is 9.26 Å². The summed E-state index contributed by atoms with van der Waals surface area (Å²) < 4.78 is 0.711. The number of rotatable bonds is 4. The second-order valence-corrected chi connectivity index (χ2v) is 6.40. The Kier molecular flexibility index (Phi) is 3.92. The quantitative estimate of drug-likeness (QED) is 0.819. The van der Waals surface area contributed by atoms with Crippen LogP contribution in [0.25, 0.3) is 11.4 Å². The lowest BCUT2D eigenvalue weighted by atomic mass is 10.1. The lowest BCUT2D eigenvalue weighted by Gasteiger charge is -2.07. The minimum absolute atomic E-state index is 0.0367.